The van der Waals surface area contributed by atoms with Crippen LogP contribution in [0, 0.1) is 5.41 Å². The quantitative estimate of drug-likeness (QED) is 0.281. The Bertz CT molecular complexity index is 1400. The molecule has 8 nitrogen and oxygen atoms in total. The number of ether oxygens (including phenoxy) is 1. The normalized spacial score (nSPS) is 12.4. The van der Waals surface area contributed by atoms with Gasteiger partial charge in [0.05, 0.1) is 23.6 Å². The van der Waals surface area contributed by atoms with Gasteiger partial charge in [-0.3, -0.25) is 19.1 Å². The van der Waals surface area contributed by atoms with Crippen LogP contribution in [0.25, 0.3) is 5.69 Å². The molecule has 3 rings (SSSR count). The van der Waals surface area contributed by atoms with Crippen molar-refractivity contribution in [1.29, 1.82) is 0 Å². The van der Waals surface area contributed by atoms with Gasteiger partial charge in [-0.2, -0.15) is 0 Å². The molecule has 1 heterocycles. The van der Waals surface area contributed by atoms with Gasteiger partial charge in [0.1, 0.15) is 11.4 Å². The first kappa shape index (κ1) is 31.1. The van der Waals surface area contributed by atoms with Crippen molar-refractivity contribution in [2.75, 3.05) is 32.6 Å². The fourth-order valence-corrected chi connectivity index (χ4v) is 4.66. The van der Waals surface area contributed by atoms with Crippen LogP contribution in [-0.2, 0) is 18.3 Å². The van der Waals surface area contributed by atoms with E-state index < -0.39 is 23.1 Å². The monoisotopic (exact) mass is 572 g/mol. The largest absolute Gasteiger partial charge is 0.493 e. The minimum absolute atomic E-state index is 0.0125. The van der Waals surface area contributed by atoms with E-state index in [0.29, 0.717) is 47.3 Å². The van der Waals surface area contributed by atoms with E-state index in [9.17, 15) is 14.4 Å². The second kappa shape index (κ2) is 13.3. The van der Waals surface area contributed by atoms with Gasteiger partial charge in [-0.15, -0.1) is 0 Å². The molecule has 2 aromatic carbocycles. The third kappa shape index (κ3) is 7.20. The number of Topliss-reactive ketones (excluding diaryl/α,β-unsaturated/α-hetero) is 1. The highest BCUT2D eigenvalue weighted by Crippen LogP contribution is 2.33. The fourth-order valence-electron chi connectivity index (χ4n) is 4.49. The Kier molecular flexibility index (Phi) is 10.3. The highest BCUT2D eigenvalue weighted by atomic mass is 35.5. The van der Waals surface area contributed by atoms with Gasteiger partial charge < -0.3 is 15.0 Å². The molecule has 0 fully saturated rings. The van der Waals surface area contributed by atoms with Gasteiger partial charge in [-0.25, -0.2) is 9.07 Å². The van der Waals surface area contributed by atoms with Crippen LogP contribution in [0.15, 0.2) is 53.3 Å². The van der Waals surface area contributed by atoms with Gasteiger partial charge >= 0.3 is 0 Å². The number of nitrogens with zero attached hydrogens (tertiary/aromatic N) is 3. The minimum Gasteiger partial charge on any atom is -0.493 e. The molecule has 0 spiro atoms. The molecule has 0 radical (unpaired) electrons. The molecule has 0 bridgehead atoms. The SMILES string of the molecule is CCOc1ccc(Cl)cc1C(=O)CCC(C)(C)C(F)C(=O)Nc1c(CCN(C)C)n(C)n(-c2ccccc2)c1=O. The number of alkyl halides is 1. The van der Waals surface area contributed by atoms with Crippen molar-refractivity contribution in [2.24, 2.45) is 12.5 Å². The lowest BCUT2D eigenvalue weighted by molar-refractivity contribution is -0.124. The average Bonchev–Trinajstić information content (AvgIpc) is 3.15. The van der Waals surface area contributed by atoms with E-state index in [2.05, 4.69) is 5.32 Å². The number of rotatable bonds is 13. The zero-order valence-corrected chi connectivity index (χ0v) is 24.7. The molecule has 1 N–H and O–H groups in total. The van der Waals surface area contributed by atoms with Gasteiger partial charge in [0.15, 0.2) is 12.0 Å². The van der Waals surface area contributed by atoms with Crippen molar-refractivity contribution in [2.45, 2.75) is 46.2 Å². The lowest BCUT2D eigenvalue weighted by atomic mass is 9.81. The number of nitrogens with one attached hydrogen (secondary N) is 1. The summed E-state index contributed by atoms with van der Waals surface area (Å²) in [5.74, 6) is -0.774. The number of halogens is 2. The highest BCUT2D eigenvalue weighted by Gasteiger charge is 2.37. The van der Waals surface area contributed by atoms with E-state index >= 15 is 4.39 Å². The average molecular weight is 573 g/mol. The smallest absolute Gasteiger partial charge is 0.295 e. The predicted molar refractivity (Wildman–Crippen MR) is 157 cm³/mol. The Labute approximate surface area is 239 Å². The first-order chi connectivity index (χ1) is 18.9. The molecule has 1 atom stereocenters. The third-order valence-electron chi connectivity index (χ3n) is 6.88. The maximum Gasteiger partial charge on any atom is 0.295 e. The van der Waals surface area contributed by atoms with Crippen LogP contribution >= 0.6 is 11.6 Å². The molecule has 3 aromatic rings. The van der Waals surface area contributed by atoms with Crippen LogP contribution in [0.2, 0.25) is 5.02 Å². The second-order valence-corrected chi connectivity index (χ2v) is 11.1. The van der Waals surface area contributed by atoms with Crippen molar-refractivity contribution < 1.29 is 18.7 Å². The number of aromatic nitrogens is 2. The molecule has 0 aliphatic heterocycles. The summed E-state index contributed by atoms with van der Waals surface area (Å²) in [5.41, 5.74) is -0.0545. The molecule has 0 saturated carbocycles. The van der Waals surface area contributed by atoms with Crippen LogP contribution in [0.3, 0.4) is 0 Å². The fraction of sp³-hybridized carbons (Fsp3) is 0.433. The number of anilines is 1. The Morgan fingerprint density at radius 3 is 2.45 bits per heavy atom. The number of ketones is 1. The minimum atomic E-state index is -1.97. The summed E-state index contributed by atoms with van der Waals surface area (Å²) in [7, 11) is 5.56. The number of hydrogen-bond acceptors (Lipinski definition) is 5. The lowest BCUT2D eigenvalue weighted by Crippen LogP contribution is -2.38. The second-order valence-electron chi connectivity index (χ2n) is 10.7. The lowest BCUT2D eigenvalue weighted by Gasteiger charge is -2.27. The molecule has 0 saturated heterocycles. The van der Waals surface area contributed by atoms with Crippen molar-refractivity contribution >= 4 is 29.0 Å². The maximum atomic E-state index is 15.7. The molecule has 0 aliphatic carbocycles. The molecular weight excluding hydrogens is 535 g/mol. The summed E-state index contributed by atoms with van der Waals surface area (Å²) in [4.78, 5) is 41.6. The third-order valence-corrected chi connectivity index (χ3v) is 7.12. The van der Waals surface area contributed by atoms with Gasteiger partial charge in [-0.05, 0) is 57.8 Å². The topological polar surface area (TPSA) is 85.6 Å². The predicted octanol–water partition coefficient (Wildman–Crippen LogP) is 5.30. The Hall–Kier alpha value is -3.43. The van der Waals surface area contributed by atoms with Gasteiger partial charge in [-0.1, -0.05) is 43.6 Å². The van der Waals surface area contributed by atoms with Crippen molar-refractivity contribution in [3.8, 4) is 11.4 Å². The number of carbonyl (C=O) groups excluding carboxylic acids is 2. The van der Waals surface area contributed by atoms with Crippen molar-refractivity contribution in [1.82, 2.24) is 14.3 Å². The summed E-state index contributed by atoms with van der Waals surface area (Å²) in [5, 5.41) is 2.97. The standard InChI is InChI=1S/C30H38ClFN4O4/c1-7-40-25-14-13-20(31)19-22(25)24(37)15-17-30(2,3)27(32)28(38)33-26-23(16-18-34(4)5)35(6)36(29(26)39)21-11-9-8-10-12-21/h8-14,19,27H,7,15-18H2,1-6H3,(H,33,38). The van der Waals surface area contributed by atoms with Gasteiger partial charge in [0.25, 0.3) is 11.5 Å². The molecular formula is C30H38ClFN4O4. The van der Waals surface area contributed by atoms with E-state index in [1.165, 1.54) is 10.7 Å². The summed E-state index contributed by atoms with van der Waals surface area (Å²) < 4.78 is 24.4. The Morgan fingerprint density at radius 2 is 1.82 bits per heavy atom. The van der Waals surface area contributed by atoms with E-state index in [4.69, 9.17) is 16.3 Å². The van der Waals surface area contributed by atoms with Crippen LogP contribution in [0.4, 0.5) is 10.1 Å². The molecule has 1 amide bonds. The first-order valence-electron chi connectivity index (χ1n) is 13.3. The summed E-state index contributed by atoms with van der Waals surface area (Å²) >= 11 is 6.08. The van der Waals surface area contributed by atoms with E-state index in [0.717, 1.165) is 0 Å². The number of hydrogen-bond donors (Lipinski definition) is 1. The number of carbonyl (C=O) groups is 2. The summed E-state index contributed by atoms with van der Waals surface area (Å²) in [6, 6.07) is 13.9. The van der Waals surface area contributed by atoms with E-state index in [-0.39, 0.29) is 24.3 Å². The maximum absolute atomic E-state index is 15.7. The number of benzene rings is 2. The first-order valence-corrected chi connectivity index (χ1v) is 13.7. The van der Waals surface area contributed by atoms with Crippen LogP contribution in [-0.4, -0.2) is 59.4 Å². The molecule has 0 aliphatic rings. The Morgan fingerprint density at radius 1 is 1.15 bits per heavy atom. The van der Waals surface area contributed by atoms with Gasteiger partial charge in [0.2, 0.25) is 0 Å². The molecule has 1 aromatic heterocycles. The molecule has 1 unspecified atom stereocenters. The zero-order valence-electron chi connectivity index (χ0n) is 24.0. The molecule has 216 valence electrons. The van der Waals surface area contributed by atoms with E-state index in [1.54, 1.807) is 49.8 Å². The molecule has 40 heavy (non-hydrogen) atoms. The van der Waals surface area contributed by atoms with Crippen LogP contribution in [0.5, 0.6) is 5.75 Å². The number of likely N-dealkylation sites (N-methyl/N-ethyl adjacent to an activating group) is 1. The Balaban J connectivity index is 1.82. The highest BCUT2D eigenvalue weighted by molar-refractivity contribution is 6.31. The summed E-state index contributed by atoms with van der Waals surface area (Å²) in [6.07, 6.45) is -1.43. The number of para-hydroxylation sites is 1. The van der Waals surface area contributed by atoms with Crippen molar-refractivity contribution in [3.05, 3.63) is 75.2 Å². The van der Waals surface area contributed by atoms with Crippen LogP contribution < -0.4 is 15.6 Å². The van der Waals surface area contributed by atoms with Crippen LogP contribution in [0.1, 0.15) is 49.7 Å². The van der Waals surface area contributed by atoms with E-state index in [1.807, 2.05) is 44.1 Å². The van der Waals surface area contributed by atoms with Gasteiger partial charge in [0, 0.05) is 36.9 Å². The molecule has 10 heteroatoms. The zero-order chi connectivity index (χ0) is 29.6. The number of amides is 1. The summed E-state index contributed by atoms with van der Waals surface area (Å²) in [6.45, 7) is 5.99. The van der Waals surface area contributed by atoms with Crippen molar-refractivity contribution in [3.63, 3.8) is 0 Å².